The van der Waals surface area contributed by atoms with Crippen LogP contribution in [0.3, 0.4) is 0 Å². The van der Waals surface area contributed by atoms with E-state index in [1.807, 2.05) is 0 Å². The second kappa shape index (κ2) is 16.0. The quantitative estimate of drug-likeness (QED) is 0.144. The molecule has 1 spiro atoms. The summed E-state index contributed by atoms with van der Waals surface area (Å²) >= 11 is 0. The Bertz CT molecular complexity index is 3970. The molecule has 12 aromatic carbocycles. The van der Waals surface area contributed by atoms with Crippen LogP contribution in [0.15, 0.2) is 273 Å². The van der Waals surface area contributed by atoms with Gasteiger partial charge in [-0.15, -0.1) is 0 Å². The fraction of sp³-hybridized carbons (Fsp3) is 0.0145. The van der Waals surface area contributed by atoms with Crippen molar-refractivity contribution in [1.29, 1.82) is 0 Å². The van der Waals surface area contributed by atoms with Gasteiger partial charge in [-0.05, 0) is 130 Å². The van der Waals surface area contributed by atoms with Crippen molar-refractivity contribution in [3.8, 4) is 66.8 Å². The Morgan fingerprint density at radius 1 is 0.243 bits per heavy atom. The van der Waals surface area contributed by atoms with Gasteiger partial charge in [0.15, 0.2) is 0 Å². The Labute approximate surface area is 408 Å². The van der Waals surface area contributed by atoms with Crippen molar-refractivity contribution in [3.05, 3.63) is 295 Å². The first-order valence-electron chi connectivity index (χ1n) is 24.3. The third kappa shape index (κ3) is 5.98. The number of nitrogens with zero attached hydrogens (tertiary/aromatic N) is 1. The van der Waals surface area contributed by atoms with Gasteiger partial charge in [0, 0.05) is 16.8 Å². The first kappa shape index (κ1) is 40.1. The number of hydrogen-bond donors (Lipinski definition) is 0. The van der Waals surface area contributed by atoms with Crippen molar-refractivity contribution in [2.45, 2.75) is 5.41 Å². The highest BCUT2D eigenvalue weighted by Gasteiger charge is 2.52. The zero-order valence-electron chi connectivity index (χ0n) is 38.4. The van der Waals surface area contributed by atoms with E-state index in [1.165, 1.54) is 105 Å². The van der Waals surface area contributed by atoms with Crippen LogP contribution in [0, 0.1) is 0 Å². The molecular weight excluding hydrogens is 843 g/mol. The molecule has 14 rings (SSSR count). The summed E-state index contributed by atoms with van der Waals surface area (Å²) in [5.74, 6) is 0. The molecular formula is C69H45N. The molecule has 0 bridgehead atoms. The molecule has 12 aromatic rings. The van der Waals surface area contributed by atoms with E-state index >= 15 is 0 Å². The van der Waals surface area contributed by atoms with E-state index in [0.717, 1.165) is 22.6 Å². The Hall–Kier alpha value is -9.04. The molecule has 0 amide bonds. The monoisotopic (exact) mass is 887 g/mol. The second-order valence-corrected chi connectivity index (χ2v) is 18.7. The summed E-state index contributed by atoms with van der Waals surface area (Å²) in [6.45, 7) is 0. The molecule has 70 heavy (non-hydrogen) atoms. The summed E-state index contributed by atoms with van der Waals surface area (Å²) in [5, 5.41) is 5.06. The van der Waals surface area contributed by atoms with Gasteiger partial charge >= 0.3 is 0 Å². The van der Waals surface area contributed by atoms with Gasteiger partial charge in [0.05, 0.1) is 16.8 Å². The minimum absolute atomic E-state index is 0.473. The van der Waals surface area contributed by atoms with Crippen LogP contribution >= 0.6 is 0 Å². The van der Waals surface area contributed by atoms with Gasteiger partial charge in [0.25, 0.3) is 0 Å². The number of benzene rings is 12. The van der Waals surface area contributed by atoms with Gasteiger partial charge in [-0.25, -0.2) is 0 Å². The normalized spacial score (nSPS) is 12.7. The summed E-state index contributed by atoms with van der Waals surface area (Å²) in [7, 11) is 0. The molecule has 0 radical (unpaired) electrons. The van der Waals surface area contributed by atoms with Gasteiger partial charge in [-0.1, -0.05) is 243 Å². The maximum absolute atomic E-state index is 2.53. The fourth-order valence-corrected chi connectivity index (χ4v) is 12.2. The van der Waals surface area contributed by atoms with Crippen LogP contribution in [0.5, 0.6) is 0 Å². The maximum Gasteiger partial charge on any atom is 0.0726 e. The molecule has 2 aliphatic rings. The molecule has 0 aromatic heterocycles. The summed E-state index contributed by atoms with van der Waals surface area (Å²) in [5.41, 5.74) is 22.8. The highest BCUT2D eigenvalue weighted by atomic mass is 15.1. The van der Waals surface area contributed by atoms with Crippen LogP contribution in [-0.2, 0) is 5.41 Å². The number of fused-ring (bicyclic) bond motifs is 13. The topological polar surface area (TPSA) is 3.24 Å². The lowest BCUT2D eigenvalue weighted by molar-refractivity contribution is 0.794. The number of hydrogen-bond acceptors (Lipinski definition) is 1. The molecule has 0 saturated heterocycles. The molecule has 0 heterocycles. The van der Waals surface area contributed by atoms with Crippen molar-refractivity contribution >= 4 is 38.6 Å². The van der Waals surface area contributed by atoms with Gasteiger partial charge in [0.1, 0.15) is 0 Å². The standard InChI is InChI=1S/C69H45N/c1-2-19-47(20-3-1)53-23-6-7-24-55(53)56-25-8-9-26-57(56)60-29-13-17-35-66(60)70(51-42-39-46(40-43-51)49-41-44-54-50(45-49)38-37-48-21-4-5-22-52(48)54)67-36-18-34-65-68(67)61-30-12-16-33-64(61)69(65)62-31-14-10-27-58(62)59-28-11-15-32-63(59)69/h1-45H. The molecule has 0 atom stereocenters. The molecule has 0 unspecified atom stereocenters. The summed E-state index contributed by atoms with van der Waals surface area (Å²) in [6.07, 6.45) is 0. The van der Waals surface area contributed by atoms with Gasteiger partial charge in [-0.3, -0.25) is 0 Å². The third-order valence-electron chi connectivity index (χ3n) is 15.1. The summed E-state index contributed by atoms with van der Waals surface area (Å²) < 4.78 is 0. The molecule has 326 valence electrons. The lowest BCUT2D eigenvalue weighted by Gasteiger charge is -2.32. The van der Waals surface area contributed by atoms with Crippen LogP contribution in [0.1, 0.15) is 22.3 Å². The highest BCUT2D eigenvalue weighted by molar-refractivity contribution is 6.09. The van der Waals surface area contributed by atoms with Crippen molar-refractivity contribution in [1.82, 2.24) is 0 Å². The number of para-hydroxylation sites is 1. The zero-order chi connectivity index (χ0) is 46.2. The predicted octanol–water partition coefficient (Wildman–Crippen LogP) is 18.5. The summed E-state index contributed by atoms with van der Waals surface area (Å²) in [4.78, 5) is 2.53. The van der Waals surface area contributed by atoms with Crippen molar-refractivity contribution < 1.29 is 0 Å². The van der Waals surface area contributed by atoms with E-state index in [2.05, 4.69) is 278 Å². The lowest BCUT2D eigenvalue weighted by atomic mass is 9.70. The third-order valence-corrected chi connectivity index (χ3v) is 15.1. The van der Waals surface area contributed by atoms with E-state index in [4.69, 9.17) is 0 Å². The first-order valence-corrected chi connectivity index (χ1v) is 24.3. The Balaban J connectivity index is 1.00. The Morgan fingerprint density at radius 2 is 0.714 bits per heavy atom. The van der Waals surface area contributed by atoms with E-state index in [-0.39, 0.29) is 0 Å². The first-order chi connectivity index (χ1) is 34.8. The van der Waals surface area contributed by atoms with Crippen LogP contribution in [0.2, 0.25) is 0 Å². The molecule has 1 heteroatoms. The SMILES string of the molecule is c1ccc(-c2ccccc2-c2ccccc2-c2ccccc2N(c2ccc(-c3ccc4c(ccc5ccccc54)c3)cc2)c2cccc3c2-c2ccccc2C32c3ccccc3-c3ccccc32)cc1. The molecule has 0 fully saturated rings. The Kier molecular flexibility index (Phi) is 9.19. The molecule has 0 aliphatic heterocycles. The molecule has 1 nitrogen and oxygen atoms in total. The molecule has 2 aliphatic carbocycles. The Morgan fingerprint density at radius 3 is 1.43 bits per heavy atom. The minimum Gasteiger partial charge on any atom is -0.309 e. The average Bonchev–Trinajstić information content (AvgIpc) is 3.92. The van der Waals surface area contributed by atoms with Gasteiger partial charge in [-0.2, -0.15) is 0 Å². The van der Waals surface area contributed by atoms with Crippen LogP contribution in [0.25, 0.3) is 88.3 Å². The van der Waals surface area contributed by atoms with E-state index in [0.29, 0.717) is 0 Å². The largest absolute Gasteiger partial charge is 0.309 e. The highest BCUT2D eigenvalue weighted by Crippen LogP contribution is 2.65. The van der Waals surface area contributed by atoms with E-state index in [1.54, 1.807) is 0 Å². The molecule has 0 N–H and O–H groups in total. The smallest absolute Gasteiger partial charge is 0.0726 e. The van der Waals surface area contributed by atoms with Gasteiger partial charge in [0.2, 0.25) is 0 Å². The number of rotatable bonds is 7. The maximum atomic E-state index is 2.53. The van der Waals surface area contributed by atoms with Crippen LogP contribution in [-0.4, -0.2) is 0 Å². The fourth-order valence-electron chi connectivity index (χ4n) is 12.2. The van der Waals surface area contributed by atoms with Crippen molar-refractivity contribution in [3.63, 3.8) is 0 Å². The second-order valence-electron chi connectivity index (χ2n) is 18.7. The summed E-state index contributed by atoms with van der Waals surface area (Å²) in [6, 6.07) is 101. The van der Waals surface area contributed by atoms with Crippen molar-refractivity contribution in [2.75, 3.05) is 4.90 Å². The predicted molar refractivity (Wildman–Crippen MR) is 294 cm³/mol. The zero-order valence-corrected chi connectivity index (χ0v) is 38.4. The van der Waals surface area contributed by atoms with E-state index < -0.39 is 5.41 Å². The van der Waals surface area contributed by atoms with Crippen molar-refractivity contribution in [2.24, 2.45) is 0 Å². The minimum atomic E-state index is -0.473. The average molecular weight is 888 g/mol. The van der Waals surface area contributed by atoms with Gasteiger partial charge < -0.3 is 4.90 Å². The van der Waals surface area contributed by atoms with Crippen LogP contribution < -0.4 is 4.90 Å². The lowest BCUT2D eigenvalue weighted by Crippen LogP contribution is -2.26. The molecule has 0 saturated carbocycles. The van der Waals surface area contributed by atoms with Crippen LogP contribution in [0.4, 0.5) is 17.1 Å². The number of anilines is 3. The van der Waals surface area contributed by atoms with E-state index in [9.17, 15) is 0 Å².